The lowest BCUT2D eigenvalue weighted by Gasteiger charge is -2.28. The summed E-state index contributed by atoms with van der Waals surface area (Å²) in [7, 11) is 4.23. The van der Waals surface area contributed by atoms with Crippen molar-refractivity contribution in [3.63, 3.8) is 0 Å². The zero-order chi connectivity index (χ0) is 14.3. The fraction of sp³-hybridized carbons (Fsp3) is 1.00. The van der Waals surface area contributed by atoms with Crippen LogP contribution in [-0.4, -0.2) is 61.3 Å². The van der Waals surface area contributed by atoms with Crippen LogP contribution in [0.15, 0.2) is 0 Å². The Balaban J connectivity index is 2.31. The van der Waals surface area contributed by atoms with Crippen LogP contribution in [0, 0.1) is 11.8 Å². The van der Waals surface area contributed by atoms with Crippen molar-refractivity contribution in [2.45, 2.75) is 52.1 Å². The van der Waals surface area contributed by atoms with Gasteiger partial charge < -0.3 is 10.0 Å². The van der Waals surface area contributed by atoms with Crippen LogP contribution in [0.5, 0.6) is 0 Å². The third kappa shape index (κ3) is 7.91. The van der Waals surface area contributed by atoms with Crippen molar-refractivity contribution >= 4 is 0 Å². The van der Waals surface area contributed by atoms with Gasteiger partial charge in [-0.15, -0.1) is 0 Å². The van der Waals surface area contributed by atoms with Gasteiger partial charge in [0.15, 0.2) is 0 Å². The number of aliphatic hydroxyl groups excluding tert-OH is 1. The Morgan fingerprint density at radius 1 is 1.05 bits per heavy atom. The Bertz CT molecular complexity index is 225. The second kappa shape index (κ2) is 8.93. The van der Waals surface area contributed by atoms with Crippen molar-refractivity contribution in [3.05, 3.63) is 0 Å². The van der Waals surface area contributed by atoms with E-state index >= 15 is 0 Å². The average molecular weight is 270 g/mol. The highest BCUT2D eigenvalue weighted by atomic mass is 16.3. The van der Waals surface area contributed by atoms with Crippen LogP contribution >= 0.6 is 0 Å². The number of aliphatic hydroxyl groups is 1. The average Bonchev–Trinajstić information content (AvgIpc) is 2.77. The van der Waals surface area contributed by atoms with Crippen molar-refractivity contribution < 1.29 is 5.11 Å². The summed E-state index contributed by atoms with van der Waals surface area (Å²) in [6.45, 7) is 8.59. The molecule has 1 aliphatic carbocycles. The fourth-order valence-corrected chi connectivity index (χ4v) is 3.12. The van der Waals surface area contributed by atoms with E-state index in [1.54, 1.807) is 0 Å². The minimum atomic E-state index is -0.135. The molecule has 3 heteroatoms. The van der Waals surface area contributed by atoms with Gasteiger partial charge in [-0.1, -0.05) is 39.5 Å². The van der Waals surface area contributed by atoms with Crippen LogP contribution in [0.2, 0.25) is 0 Å². The van der Waals surface area contributed by atoms with E-state index in [2.05, 4.69) is 37.7 Å². The summed E-state index contributed by atoms with van der Waals surface area (Å²) in [4.78, 5) is 4.65. The molecule has 0 radical (unpaired) electrons. The number of rotatable bonds is 9. The Morgan fingerprint density at radius 2 is 1.68 bits per heavy atom. The first-order chi connectivity index (χ1) is 8.97. The number of hydrogen-bond donors (Lipinski definition) is 1. The normalized spacial score (nSPS) is 18.9. The first-order valence-corrected chi connectivity index (χ1v) is 8.02. The van der Waals surface area contributed by atoms with Crippen molar-refractivity contribution in [1.82, 2.24) is 9.80 Å². The van der Waals surface area contributed by atoms with Gasteiger partial charge in [-0.05, 0) is 32.4 Å². The Hall–Kier alpha value is -0.120. The smallest absolute Gasteiger partial charge is 0.0669 e. The van der Waals surface area contributed by atoms with E-state index in [1.165, 1.54) is 25.7 Å². The van der Waals surface area contributed by atoms with E-state index in [4.69, 9.17) is 0 Å². The monoisotopic (exact) mass is 270 g/mol. The Morgan fingerprint density at radius 3 is 2.21 bits per heavy atom. The van der Waals surface area contributed by atoms with Gasteiger partial charge in [0.2, 0.25) is 0 Å². The van der Waals surface area contributed by atoms with Crippen molar-refractivity contribution in [3.8, 4) is 0 Å². The minimum absolute atomic E-state index is 0.135. The van der Waals surface area contributed by atoms with E-state index in [0.717, 1.165) is 38.5 Å². The molecule has 1 N–H and O–H groups in total. The maximum Gasteiger partial charge on any atom is 0.0669 e. The minimum Gasteiger partial charge on any atom is -0.392 e. The van der Waals surface area contributed by atoms with Gasteiger partial charge in [-0.2, -0.15) is 0 Å². The quantitative estimate of drug-likeness (QED) is 0.697. The molecule has 1 aliphatic rings. The van der Waals surface area contributed by atoms with Crippen LogP contribution in [0.3, 0.4) is 0 Å². The highest BCUT2D eigenvalue weighted by Crippen LogP contribution is 2.28. The predicted molar refractivity (Wildman–Crippen MR) is 82.4 cm³/mol. The van der Waals surface area contributed by atoms with Crippen molar-refractivity contribution in [2.75, 3.05) is 40.3 Å². The lowest BCUT2D eigenvalue weighted by Crippen LogP contribution is -2.39. The molecule has 0 heterocycles. The SMILES string of the molecule is CC(C)CN(CCN(C)C)CC(O)CC1CCCC1. The van der Waals surface area contributed by atoms with Crippen LogP contribution in [-0.2, 0) is 0 Å². The second-order valence-electron chi connectivity index (χ2n) is 7.00. The maximum atomic E-state index is 10.3. The number of likely N-dealkylation sites (N-methyl/N-ethyl adjacent to an activating group) is 1. The van der Waals surface area contributed by atoms with Crippen molar-refractivity contribution in [1.29, 1.82) is 0 Å². The van der Waals surface area contributed by atoms with Gasteiger partial charge in [0.1, 0.15) is 0 Å². The molecule has 1 rings (SSSR count). The van der Waals surface area contributed by atoms with Crippen LogP contribution < -0.4 is 0 Å². The van der Waals surface area contributed by atoms with Gasteiger partial charge in [0, 0.05) is 26.2 Å². The van der Waals surface area contributed by atoms with E-state index in [9.17, 15) is 5.11 Å². The lowest BCUT2D eigenvalue weighted by atomic mass is 9.99. The summed E-state index contributed by atoms with van der Waals surface area (Å²) < 4.78 is 0. The van der Waals surface area contributed by atoms with Crippen molar-refractivity contribution in [2.24, 2.45) is 11.8 Å². The number of hydrogen-bond acceptors (Lipinski definition) is 3. The molecule has 1 saturated carbocycles. The molecule has 0 saturated heterocycles. The molecule has 0 amide bonds. The Kier molecular flexibility index (Phi) is 7.96. The molecule has 1 unspecified atom stereocenters. The maximum absolute atomic E-state index is 10.3. The summed E-state index contributed by atoms with van der Waals surface area (Å²) in [6.07, 6.45) is 6.28. The molecule has 114 valence electrons. The van der Waals surface area contributed by atoms with E-state index in [0.29, 0.717) is 5.92 Å². The molecule has 0 aromatic carbocycles. The first kappa shape index (κ1) is 16.9. The highest BCUT2D eigenvalue weighted by Gasteiger charge is 2.20. The fourth-order valence-electron chi connectivity index (χ4n) is 3.12. The highest BCUT2D eigenvalue weighted by molar-refractivity contribution is 4.74. The number of nitrogens with zero attached hydrogens (tertiary/aromatic N) is 2. The molecule has 0 aliphatic heterocycles. The zero-order valence-electron chi connectivity index (χ0n) is 13.4. The van der Waals surface area contributed by atoms with Gasteiger partial charge >= 0.3 is 0 Å². The summed E-state index contributed by atoms with van der Waals surface area (Å²) >= 11 is 0. The van der Waals surface area contributed by atoms with E-state index < -0.39 is 0 Å². The summed E-state index contributed by atoms with van der Waals surface area (Å²) in [5, 5.41) is 10.3. The molecular formula is C16H34N2O. The third-order valence-electron chi connectivity index (χ3n) is 4.04. The van der Waals surface area contributed by atoms with Gasteiger partial charge in [-0.3, -0.25) is 4.90 Å². The summed E-state index contributed by atoms with van der Waals surface area (Å²) in [5.74, 6) is 1.45. The lowest BCUT2D eigenvalue weighted by molar-refractivity contribution is 0.0824. The van der Waals surface area contributed by atoms with E-state index in [-0.39, 0.29) is 6.10 Å². The largest absolute Gasteiger partial charge is 0.392 e. The molecule has 3 nitrogen and oxygen atoms in total. The van der Waals surface area contributed by atoms with Gasteiger partial charge in [0.25, 0.3) is 0 Å². The molecular weight excluding hydrogens is 236 g/mol. The van der Waals surface area contributed by atoms with E-state index in [1.807, 2.05) is 0 Å². The molecule has 0 aromatic heterocycles. The zero-order valence-corrected chi connectivity index (χ0v) is 13.4. The molecule has 19 heavy (non-hydrogen) atoms. The molecule has 0 spiro atoms. The molecule has 0 bridgehead atoms. The third-order valence-corrected chi connectivity index (χ3v) is 4.04. The van der Waals surface area contributed by atoms with Crippen LogP contribution in [0.1, 0.15) is 46.0 Å². The standard InChI is InChI=1S/C16H34N2O/c1-14(2)12-18(10-9-17(3)4)13-16(19)11-15-7-5-6-8-15/h14-16,19H,5-13H2,1-4H3. The predicted octanol–water partition coefficient (Wildman–Crippen LogP) is 2.45. The van der Waals surface area contributed by atoms with Gasteiger partial charge in [-0.25, -0.2) is 0 Å². The molecule has 0 aromatic rings. The summed E-state index contributed by atoms with van der Waals surface area (Å²) in [6, 6.07) is 0. The molecule has 1 atom stereocenters. The Labute approximate surface area is 120 Å². The summed E-state index contributed by atoms with van der Waals surface area (Å²) in [5.41, 5.74) is 0. The van der Waals surface area contributed by atoms with Crippen LogP contribution in [0.25, 0.3) is 0 Å². The molecule has 1 fully saturated rings. The van der Waals surface area contributed by atoms with Gasteiger partial charge in [0.05, 0.1) is 6.10 Å². The first-order valence-electron chi connectivity index (χ1n) is 8.02. The second-order valence-corrected chi connectivity index (χ2v) is 7.00. The van der Waals surface area contributed by atoms with Crippen LogP contribution in [0.4, 0.5) is 0 Å². The topological polar surface area (TPSA) is 26.7 Å².